The van der Waals surface area contributed by atoms with Crippen LogP contribution in [0.15, 0.2) is 6.33 Å². The standard InChI is InChI=1S/C14H25N5/c1-3-6-15-11-7-12-4-5-13(8-11)19(12)9-14-17-16-10-18(14)2/h10-13,15H,3-9H2,1-2H3. The lowest BCUT2D eigenvalue weighted by atomic mass is 9.97. The Morgan fingerprint density at radius 1 is 1.32 bits per heavy atom. The highest BCUT2D eigenvalue weighted by molar-refractivity contribution is 4.99. The second kappa shape index (κ2) is 5.59. The molecule has 5 heteroatoms. The zero-order valence-corrected chi connectivity index (χ0v) is 12.0. The highest BCUT2D eigenvalue weighted by Crippen LogP contribution is 2.36. The first kappa shape index (κ1) is 13.1. The van der Waals surface area contributed by atoms with Crippen molar-refractivity contribution in [2.24, 2.45) is 7.05 Å². The molecular formula is C14H25N5. The fourth-order valence-electron chi connectivity index (χ4n) is 3.66. The quantitative estimate of drug-likeness (QED) is 0.870. The van der Waals surface area contributed by atoms with Crippen LogP contribution in [0.4, 0.5) is 0 Å². The summed E-state index contributed by atoms with van der Waals surface area (Å²) < 4.78 is 2.04. The van der Waals surface area contributed by atoms with Crippen molar-refractivity contribution in [3.05, 3.63) is 12.2 Å². The Morgan fingerprint density at radius 2 is 2.05 bits per heavy atom. The van der Waals surface area contributed by atoms with Crippen LogP contribution in [0, 0.1) is 0 Å². The van der Waals surface area contributed by atoms with Gasteiger partial charge in [-0.2, -0.15) is 0 Å². The van der Waals surface area contributed by atoms with Gasteiger partial charge in [-0.15, -0.1) is 10.2 Å². The summed E-state index contributed by atoms with van der Waals surface area (Å²) in [6, 6.07) is 2.21. The van der Waals surface area contributed by atoms with Crippen LogP contribution >= 0.6 is 0 Å². The fourth-order valence-corrected chi connectivity index (χ4v) is 3.66. The van der Waals surface area contributed by atoms with Crippen molar-refractivity contribution < 1.29 is 0 Å². The van der Waals surface area contributed by atoms with Gasteiger partial charge in [-0.25, -0.2) is 0 Å². The van der Waals surface area contributed by atoms with Crippen LogP contribution in [-0.2, 0) is 13.6 Å². The fraction of sp³-hybridized carbons (Fsp3) is 0.857. The van der Waals surface area contributed by atoms with E-state index >= 15 is 0 Å². The highest BCUT2D eigenvalue weighted by Gasteiger charge is 2.40. The van der Waals surface area contributed by atoms with Crippen molar-refractivity contribution in [3.8, 4) is 0 Å². The molecule has 0 saturated carbocycles. The maximum Gasteiger partial charge on any atom is 0.146 e. The molecule has 2 fully saturated rings. The minimum absolute atomic E-state index is 0.730. The first-order chi connectivity index (χ1) is 9.28. The molecule has 2 aliphatic heterocycles. The Hall–Kier alpha value is -0.940. The smallest absolute Gasteiger partial charge is 0.146 e. The number of hydrogen-bond acceptors (Lipinski definition) is 4. The van der Waals surface area contributed by atoms with Gasteiger partial charge < -0.3 is 9.88 Å². The summed E-state index contributed by atoms with van der Waals surface area (Å²) in [5.41, 5.74) is 0. The molecule has 1 N–H and O–H groups in total. The lowest BCUT2D eigenvalue weighted by Crippen LogP contribution is -2.49. The third-order valence-corrected chi connectivity index (χ3v) is 4.70. The Labute approximate surface area is 115 Å². The minimum Gasteiger partial charge on any atom is -0.320 e. The van der Waals surface area contributed by atoms with E-state index in [1.807, 2.05) is 11.6 Å². The van der Waals surface area contributed by atoms with Gasteiger partial charge in [-0.05, 0) is 38.6 Å². The van der Waals surface area contributed by atoms with Crippen molar-refractivity contribution >= 4 is 0 Å². The number of fused-ring (bicyclic) bond motifs is 2. The molecule has 2 atom stereocenters. The largest absolute Gasteiger partial charge is 0.320 e. The number of nitrogens with zero attached hydrogens (tertiary/aromatic N) is 4. The molecule has 0 aromatic carbocycles. The molecule has 2 saturated heterocycles. The lowest BCUT2D eigenvalue weighted by molar-refractivity contribution is 0.105. The molecule has 1 aromatic rings. The lowest BCUT2D eigenvalue weighted by Gasteiger charge is -2.39. The molecule has 2 unspecified atom stereocenters. The molecule has 0 aliphatic carbocycles. The third kappa shape index (κ3) is 2.67. The topological polar surface area (TPSA) is 46.0 Å². The van der Waals surface area contributed by atoms with E-state index < -0.39 is 0 Å². The second-order valence-electron chi connectivity index (χ2n) is 6.04. The molecule has 5 nitrogen and oxygen atoms in total. The Balaban J connectivity index is 1.62. The first-order valence-corrected chi connectivity index (χ1v) is 7.60. The van der Waals surface area contributed by atoms with Crippen LogP contribution in [0.2, 0.25) is 0 Å². The van der Waals surface area contributed by atoms with E-state index in [4.69, 9.17) is 0 Å². The number of piperidine rings is 1. The maximum atomic E-state index is 4.23. The predicted octanol–water partition coefficient (Wildman–Crippen LogP) is 1.31. The van der Waals surface area contributed by atoms with E-state index in [2.05, 4.69) is 27.3 Å². The molecule has 0 spiro atoms. The number of aryl methyl sites for hydroxylation is 1. The van der Waals surface area contributed by atoms with Gasteiger partial charge >= 0.3 is 0 Å². The van der Waals surface area contributed by atoms with Gasteiger partial charge in [0.15, 0.2) is 0 Å². The summed E-state index contributed by atoms with van der Waals surface area (Å²) in [7, 11) is 2.03. The van der Waals surface area contributed by atoms with Gasteiger partial charge in [0.05, 0.1) is 6.54 Å². The van der Waals surface area contributed by atoms with Gasteiger partial charge in [0.1, 0.15) is 12.2 Å². The van der Waals surface area contributed by atoms with Crippen LogP contribution in [0.1, 0.15) is 44.9 Å². The van der Waals surface area contributed by atoms with Gasteiger partial charge in [0, 0.05) is 25.2 Å². The summed E-state index contributed by atoms with van der Waals surface area (Å²) in [5.74, 6) is 1.09. The summed E-state index contributed by atoms with van der Waals surface area (Å²) in [5, 5.41) is 11.9. The molecule has 0 radical (unpaired) electrons. The monoisotopic (exact) mass is 263 g/mol. The zero-order valence-electron chi connectivity index (χ0n) is 12.0. The van der Waals surface area contributed by atoms with Crippen LogP contribution in [-0.4, -0.2) is 44.3 Å². The molecule has 106 valence electrons. The van der Waals surface area contributed by atoms with E-state index in [0.29, 0.717) is 0 Å². The molecule has 2 bridgehead atoms. The average Bonchev–Trinajstić information content (AvgIpc) is 2.90. The summed E-state index contributed by atoms with van der Waals surface area (Å²) >= 11 is 0. The number of nitrogens with one attached hydrogen (secondary N) is 1. The number of aromatic nitrogens is 3. The molecular weight excluding hydrogens is 238 g/mol. The summed E-state index contributed by atoms with van der Waals surface area (Å²) in [4.78, 5) is 2.66. The van der Waals surface area contributed by atoms with Crippen molar-refractivity contribution in [2.45, 2.75) is 63.7 Å². The van der Waals surface area contributed by atoms with E-state index in [-0.39, 0.29) is 0 Å². The van der Waals surface area contributed by atoms with Gasteiger partial charge in [0.25, 0.3) is 0 Å². The average molecular weight is 263 g/mol. The maximum absolute atomic E-state index is 4.23. The second-order valence-corrected chi connectivity index (χ2v) is 6.04. The van der Waals surface area contributed by atoms with E-state index in [9.17, 15) is 0 Å². The Morgan fingerprint density at radius 3 is 2.63 bits per heavy atom. The van der Waals surface area contributed by atoms with Crippen LogP contribution in [0.25, 0.3) is 0 Å². The highest BCUT2D eigenvalue weighted by atomic mass is 15.3. The van der Waals surface area contributed by atoms with Crippen molar-refractivity contribution in [3.63, 3.8) is 0 Å². The Kier molecular flexibility index (Phi) is 3.84. The summed E-state index contributed by atoms with van der Waals surface area (Å²) in [6.45, 7) is 4.37. The molecule has 19 heavy (non-hydrogen) atoms. The predicted molar refractivity (Wildman–Crippen MR) is 74.7 cm³/mol. The molecule has 0 amide bonds. The van der Waals surface area contributed by atoms with Gasteiger partial charge in [-0.1, -0.05) is 6.92 Å². The minimum atomic E-state index is 0.730. The van der Waals surface area contributed by atoms with Crippen LogP contribution in [0.3, 0.4) is 0 Å². The number of hydrogen-bond donors (Lipinski definition) is 1. The zero-order chi connectivity index (χ0) is 13.2. The van der Waals surface area contributed by atoms with E-state index in [1.165, 1.54) is 32.1 Å². The van der Waals surface area contributed by atoms with Gasteiger partial charge in [0.2, 0.25) is 0 Å². The third-order valence-electron chi connectivity index (χ3n) is 4.70. The van der Waals surface area contributed by atoms with Crippen molar-refractivity contribution in [1.82, 2.24) is 25.0 Å². The number of rotatable bonds is 5. The normalized spacial score (nSPS) is 30.9. The Bertz CT molecular complexity index is 402. The summed E-state index contributed by atoms with van der Waals surface area (Å²) in [6.07, 6.45) is 8.34. The van der Waals surface area contributed by atoms with Gasteiger partial charge in [-0.3, -0.25) is 4.90 Å². The first-order valence-electron chi connectivity index (χ1n) is 7.60. The van der Waals surface area contributed by atoms with Crippen LogP contribution < -0.4 is 5.32 Å². The molecule has 1 aromatic heterocycles. The van der Waals surface area contributed by atoms with E-state index in [0.717, 1.165) is 37.0 Å². The van der Waals surface area contributed by atoms with Crippen LogP contribution in [0.5, 0.6) is 0 Å². The van der Waals surface area contributed by atoms with E-state index in [1.54, 1.807) is 6.33 Å². The molecule has 3 rings (SSSR count). The SMILES string of the molecule is CCCNC1CC2CCC(C1)N2Cc1nncn1C. The molecule has 3 heterocycles. The molecule has 2 aliphatic rings. The van der Waals surface area contributed by atoms with Crippen molar-refractivity contribution in [1.29, 1.82) is 0 Å². The van der Waals surface area contributed by atoms with Crippen molar-refractivity contribution in [2.75, 3.05) is 6.54 Å².